The summed E-state index contributed by atoms with van der Waals surface area (Å²) in [4.78, 5) is 0. The monoisotopic (exact) mass is 144 g/mol. The molecule has 1 fully saturated rings. The van der Waals surface area contributed by atoms with Crippen LogP contribution in [0.1, 0.15) is 39.0 Å². The summed E-state index contributed by atoms with van der Waals surface area (Å²) in [7, 11) is 0. The van der Waals surface area contributed by atoms with E-state index >= 15 is 0 Å². The zero-order valence-corrected chi connectivity index (χ0v) is 7.08. The fourth-order valence-corrected chi connectivity index (χ4v) is 2.17. The van der Waals surface area contributed by atoms with Crippen LogP contribution >= 0.6 is 12.6 Å². The highest BCUT2D eigenvalue weighted by atomic mass is 32.1. The molecule has 1 aliphatic carbocycles. The lowest BCUT2D eigenvalue weighted by molar-refractivity contribution is 0.123. The van der Waals surface area contributed by atoms with E-state index in [0.717, 1.165) is 11.2 Å². The summed E-state index contributed by atoms with van der Waals surface area (Å²) in [6, 6.07) is 0. The zero-order valence-electron chi connectivity index (χ0n) is 6.19. The van der Waals surface area contributed by atoms with Crippen molar-refractivity contribution in [2.24, 2.45) is 5.41 Å². The Balaban J connectivity index is 2.28. The quantitative estimate of drug-likeness (QED) is 0.578. The molecule has 0 aromatic heterocycles. The molecule has 1 rings (SSSR count). The Labute approximate surface area is 63.4 Å². The van der Waals surface area contributed by atoms with Crippen LogP contribution in [0.25, 0.3) is 0 Å². The lowest BCUT2D eigenvalue weighted by atomic mass is 9.65. The lowest BCUT2D eigenvalue weighted by Crippen LogP contribution is -2.28. The van der Waals surface area contributed by atoms with Crippen molar-refractivity contribution in [2.75, 3.05) is 5.75 Å². The largest absolute Gasteiger partial charge is 0.179 e. The molecule has 0 bridgehead atoms. The van der Waals surface area contributed by atoms with Gasteiger partial charge in [0.15, 0.2) is 0 Å². The molecule has 0 spiro atoms. The van der Waals surface area contributed by atoms with Crippen molar-refractivity contribution in [3.05, 3.63) is 0 Å². The summed E-state index contributed by atoms with van der Waals surface area (Å²) in [6.45, 7) is 2.31. The molecule has 0 aliphatic heterocycles. The molecule has 0 amide bonds. The first-order valence-electron chi connectivity index (χ1n) is 3.94. The predicted molar refractivity (Wildman–Crippen MR) is 45.0 cm³/mol. The predicted octanol–water partition coefficient (Wildman–Crippen LogP) is 2.89. The van der Waals surface area contributed by atoms with Gasteiger partial charge in [0.25, 0.3) is 0 Å². The van der Waals surface area contributed by atoms with Crippen molar-refractivity contribution in [2.45, 2.75) is 39.0 Å². The minimum atomic E-state index is 0.738. The summed E-state index contributed by atoms with van der Waals surface area (Å²) in [5.41, 5.74) is 0.738. The third-order valence-electron chi connectivity index (χ3n) is 2.81. The van der Waals surface area contributed by atoms with Gasteiger partial charge in [-0.1, -0.05) is 19.8 Å². The molecule has 0 unspecified atom stereocenters. The van der Waals surface area contributed by atoms with Crippen LogP contribution in [0.4, 0.5) is 0 Å². The van der Waals surface area contributed by atoms with Gasteiger partial charge in [0.05, 0.1) is 0 Å². The third-order valence-corrected chi connectivity index (χ3v) is 3.03. The second-order valence-corrected chi connectivity index (χ2v) is 3.63. The topological polar surface area (TPSA) is 0 Å². The van der Waals surface area contributed by atoms with Gasteiger partial charge in [0.2, 0.25) is 0 Å². The fraction of sp³-hybridized carbons (Fsp3) is 1.00. The van der Waals surface area contributed by atoms with Gasteiger partial charge in [0.1, 0.15) is 0 Å². The van der Waals surface area contributed by atoms with Crippen LogP contribution in [0.2, 0.25) is 0 Å². The molecule has 0 aromatic rings. The van der Waals surface area contributed by atoms with Gasteiger partial charge in [0, 0.05) is 0 Å². The Hall–Kier alpha value is 0.350. The highest BCUT2D eigenvalue weighted by molar-refractivity contribution is 7.80. The van der Waals surface area contributed by atoms with E-state index in [1.165, 1.54) is 32.1 Å². The molecule has 9 heavy (non-hydrogen) atoms. The van der Waals surface area contributed by atoms with Gasteiger partial charge in [-0.05, 0) is 30.4 Å². The Morgan fingerprint density at radius 1 is 1.44 bits per heavy atom. The summed E-state index contributed by atoms with van der Waals surface area (Å²) in [6.07, 6.45) is 7.09. The molecular weight excluding hydrogens is 128 g/mol. The van der Waals surface area contributed by atoms with Crippen molar-refractivity contribution in [1.82, 2.24) is 0 Å². The van der Waals surface area contributed by atoms with Gasteiger partial charge in [-0.3, -0.25) is 0 Å². The maximum absolute atomic E-state index is 4.26. The smallest absolute Gasteiger partial charge is 0.00926 e. The summed E-state index contributed by atoms with van der Waals surface area (Å²) in [5.74, 6) is 1.08. The van der Waals surface area contributed by atoms with Crippen molar-refractivity contribution < 1.29 is 0 Å². The standard InChI is InChI=1S/C8H16S/c1-2-8(6-7-9)4-3-5-8/h9H,2-7H2,1H3. The number of hydrogen-bond acceptors (Lipinski definition) is 1. The van der Waals surface area contributed by atoms with Gasteiger partial charge in [-0.15, -0.1) is 0 Å². The van der Waals surface area contributed by atoms with Gasteiger partial charge < -0.3 is 0 Å². The molecule has 0 N–H and O–H groups in total. The molecule has 0 radical (unpaired) electrons. The molecule has 54 valence electrons. The minimum Gasteiger partial charge on any atom is -0.179 e. The van der Waals surface area contributed by atoms with Crippen LogP contribution in [-0.4, -0.2) is 5.75 Å². The van der Waals surface area contributed by atoms with Crippen molar-refractivity contribution in [3.8, 4) is 0 Å². The van der Waals surface area contributed by atoms with E-state index in [2.05, 4.69) is 19.6 Å². The SMILES string of the molecule is CCC1(CCS)CCC1. The molecule has 0 nitrogen and oxygen atoms in total. The molecule has 0 aromatic carbocycles. The first kappa shape index (κ1) is 7.46. The van der Waals surface area contributed by atoms with E-state index in [0.29, 0.717) is 0 Å². The average Bonchev–Trinajstić information content (AvgIpc) is 1.79. The van der Waals surface area contributed by atoms with Crippen molar-refractivity contribution in [1.29, 1.82) is 0 Å². The normalized spacial score (nSPS) is 23.3. The number of hydrogen-bond donors (Lipinski definition) is 1. The molecule has 1 heteroatoms. The Bertz CT molecular complexity index is 79.1. The van der Waals surface area contributed by atoms with Crippen LogP contribution in [-0.2, 0) is 0 Å². The maximum atomic E-state index is 4.26. The van der Waals surface area contributed by atoms with Crippen LogP contribution in [0.5, 0.6) is 0 Å². The van der Waals surface area contributed by atoms with Gasteiger partial charge in [-0.2, -0.15) is 12.6 Å². The summed E-state index contributed by atoms with van der Waals surface area (Å²) in [5, 5.41) is 0. The van der Waals surface area contributed by atoms with Crippen LogP contribution in [0.15, 0.2) is 0 Å². The van der Waals surface area contributed by atoms with Gasteiger partial charge >= 0.3 is 0 Å². The Morgan fingerprint density at radius 2 is 2.11 bits per heavy atom. The first-order valence-corrected chi connectivity index (χ1v) is 4.57. The van der Waals surface area contributed by atoms with E-state index in [4.69, 9.17) is 0 Å². The second-order valence-electron chi connectivity index (χ2n) is 3.18. The molecule has 1 aliphatic rings. The van der Waals surface area contributed by atoms with E-state index in [1.807, 2.05) is 0 Å². The van der Waals surface area contributed by atoms with Crippen LogP contribution in [0.3, 0.4) is 0 Å². The number of rotatable bonds is 3. The lowest BCUT2D eigenvalue weighted by Gasteiger charge is -2.41. The highest BCUT2D eigenvalue weighted by Crippen LogP contribution is 2.46. The van der Waals surface area contributed by atoms with E-state index in [1.54, 1.807) is 0 Å². The summed E-state index contributed by atoms with van der Waals surface area (Å²) < 4.78 is 0. The third kappa shape index (κ3) is 1.43. The van der Waals surface area contributed by atoms with E-state index < -0.39 is 0 Å². The molecule has 0 saturated heterocycles. The molecule has 0 heterocycles. The summed E-state index contributed by atoms with van der Waals surface area (Å²) >= 11 is 4.26. The molecule has 1 saturated carbocycles. The highest BCUT2D eigenvalue weighted by Gasteiger charge is 2.33. The fourth-order valence-electron chi connectivity index (χ4n) is 1.69. The van der Waals surface area contributed by atoms with Crippen LogP contribution in [0, 0.1) is 5.41 Å². The molecule has 0 atom stereocenters. The Kier molecular flexibility index (Phi) is 2.45. The van der Waals surface area contributed by atoms with E-state index in [9.17, 15) is 0 Å². The minimum absolute atomic E-state index is 0.738. The Morgan fingerprint density at radius 3 is 2.22 bits per heavy atom. The molecular formula is C8H16S. The van der Waals surface area contributed by atoms with Crippen LogP contribution < -0.4 is 0 Å². The number of thiol groups is 1. The van der Waals surface area contributed by atoms with E-state index in [-0.39, 0.29) is 0 Å². The van der Waals surface area contributed by atoms with Crippen molar-refractivity contribution in [3.63, 3.8) is 0 Å². The van der Waals surface area contributed by atoms with Crippen molar-refractivity contribution >= 4 is 12.6 Å². The maximum Gasteiger partial charge on any atom is -0.00926 e. The average molecular weight is 144 g/mol. The van der Waals surface area contributed by atoms with Gasteiger partial charge in [-0.25, -0.2) is 0 Å². The zero-order chi connectivity index (χ0) is 6.74. The first-order chi connectivity index (χ1) is 4.33. The second kappa shape index (κ2) is 2.96.